The first-order chi connectivity index (χ1) is 8.20. The van der Waals surface area contributed by atoms with E-state index in [4.69, 9.17) is 0 Å². The zero-order chi connectivity index (χ0) is 12.3. The van der Waals surface area contributed by atoms with Crippen molar-refractivity contribution < 1.29 is 0 Å². The van der Waals surface area contributed by atoms with Crippen LogP contribution >= 0.6 is 0 Å². The number of aromatic nitrogens is 2. The van der Waals surface area contributed by atoms with Gasteiger partial charge in [-0.05, 0) is 26.5 Å². The van der Waals surface area contributed by atoms with Crippen molar-refractivity contribution in [1.29, 1.82) is 0 Å². The molecule has 0 fully saturated rings. The number of nitrogens with zero attached hydrogens (tertiary/aromatic N) is 2. The van der Waals surface area contributed by atoms with Crippen LogP contribution in [0.1, 0.15) is 22.4 Å². The van der Waals surface area contributed by atoms with Crippen molar-refractivity contribution >= 4 is 0 Å². The third-order valence-corrected chi connectivity index (χ3v) is 2.99. The SMILES string of the molecule is CNCc1cnn(Cc2cccc(C)c2)c1C. The quantitative estimate of drug-likeness (QED) is 0.871. The molecule has 0 unspecified atom stereocenters. The van der Waals surface area contributed by atoms with E-state index in [0.29, 0.717) is 0 Å². The van der Waals surface area contributed by atoms with Crippen LogP contribution < -0.4 is 5.32 Å². The van der Waals surface area contributed by atoms with E-state index in [1.165, 1.54) is 22.4 Å². The molecule has 1 heterocycles. The maximum absolute atomic E-state index is 4.44. The van der Waals surface area contributed by atoms with Gasteiger partial charge in [0, 0.05) is 17.8 Å². The summed E-state index contributed by atoms with van der Waals surface area (Å²) in [5, 5.41) is 7.59. The Bertz CT molecular complexity index is 500. The molecule has 90 valence electrons. The molecule has 2 aromatic rings. The van der Waals surface area contributed by atoms with Crippen LogP contribution in [-0.2, 0) is 13.1 Å². The van der Waals surface area contributed by atoms with Crippen molar-refractivity contribution in [2.45, 2.75) is 26.9 Å². The summed E-state index contributed by atoms with van der Waals surface area (Å²) in [5.41, 5.74) is 5.09. The summed E-state index contributed by atoms with van der Waals surface area (Å²) < 4.78 is 2.06. The third kappa shape index (κ3) is 2.74. The fraction of sp³-hybridized carbons (Fsp3) is 0.357. The predicted molar refractivity (Wildman–Crippen MR) is 70.0 cm³/mol. The van der Waals surface area contributed by atoms with Crippen molar-refractivity contribution in [3.8, 4) is 0 Å². The molecule has 0 atom stereocenters. The second-order valence-corrected chi connectivity index (χ2v) is 4.43. The molecule has 3 heteroatoms. The van der Waals surface area contributed by atoms with Crippen LogP contribution in [-0.4, -0.2) is 16.8 Å². The van der Waals surface area contributed by atoms with E-state index in [1.807, 2.05) is 13.2 Å². The average molecular weight is 229 g/mol. The van der Waals surface area contributed by atoms with E-state index >= 15 is 0 Å². The van der Waals surface area contributed by atoms with Gasteiger partial charge in [-0.3, -0.25) is 4.68 Å². The van der Waals surface area contributed by atoms with Crippen molar-refractivity contribution in [1.82, 2.24) is 15.1 Å². The van der Waals surface area contributed by atoms with E-state index in [2.05, 4.69) is 53.2 Å². The van der Waals surface area contributed by atoms with Crippen molar-refractivity contribution in [3.05, 3.63) is 52.8 Å². The van der Waals surface area contributed by atoms with Gasteiger partial charge in [0.15, 0.2) is 0 Å². The smallest absolute Gasteiger partial charge is 0.0662 e. The van der Waals surface area contributed by atoms with Gasteiger partial charge in [-0.15, -0.1) is 0 Å². The number of hydrogen-bond donors (Lipinski definition) is 1. The van der Waals surface area contributed by atoms with Crippen LogP contribution in [0.25, 0.3) is 0 Å². The lowest BCUT2D eigenvalue weighted by molar-refractivity contribution is 0.661. The summed E-state index contributed by atoms with van der Waals surface area (Å²) >= 11 is 0. The van der Waals surface area contributed by atoms with E-state index in [9.17, 15) is 0 Å². The van der Waals surface area contributed by atoms with Crippen LogP contribution in [0.4, 0.5) is 0 Å². The van der Waals surface area contributed by atoms with Crippen molar-refractivity contribution in [2.24, 2.45) is 0 Å². The molecule has 0 saturated carbocycles. The molecule has 0 aliphatic carbocycles. The molecule has 0 spiro atoms. The molecular weight excluding hydrogens is 210 g/mol. The summed E-state index contributed by atoms with van der Waals surface area (Å²) in [5.74, 6) is 0. The molecule has 1 N–H and O–H groups in total. The van der Waals surface area contributed by atoms with Gasteiger partial charge in [0.1, 0.15) is 0 Å². The Balaban J connectivity index is 2.19. The topological polar surface area (TPSA) is 29.9 Å². The lowest BCUT2D eigenvalue weighted by atomic mass is 10.1. The molecule has 0 saturated heterocycles. The second kappa shape index (κ2) is 5.15. The zero-order valence-electron chi connectivity index (χ0n) is 10.7. The molecule has 0 aliphatic rings. The minimum Gasteiger partial charge on any atom is -0.316 e. The van der Waals surface area contributed by atoms with Crippen LogP contribution in [0.5, 0.6) is 0 Å². The molecular formula is C14H19N3. The first-order valence-corrected chi connectivity index (χ1v) is 5.92. The summed E-state index contributed by atoms with van der Waals surface area (Å²) in [7, 11) is 1.96. The predicted octanol–water partition coefficient (Wildman–Crippen LogP) is 2.27. The lowest BCUT2D eigenvalue weighted by Crippen LogP contribution is -2.08. The van der Waals surface area contributed by atoms with E-state index in [1.54, 1.807) is 0 Å². The summed E-state index contributed by atoms with van der Waals surface area (Å²) in [6.07, 6.45) is 1.95. The number of hydrogen-bond acceptors (Lipinski definition) is 2. The first-order valence-electron chi connectivity index (χ1n) is 5.92. The molecule has 1 aromatic carbocycles. The first kappa shape index (κ1) is 11.9. The van der Waals surface area contributed by atoms with Crippen LogP contribution in [0.2, 0.25) is 0 Å². The number of aryl methyl sites for hydroxylation is 1. The lowest BCUT2D eigenvalue weighted by Gasteiger charge is -2.06. The van der Waals surface area contributed by atoms with Crippen molar-refractivity contribution in [2.75, 3.05) is 7.05 Å². The minimum atomic E-state index is 0.844. The maximum atomic E-state index is 4.44. The highest BCUT2D eigenvalue weighted by Gasteiger charge is 2.05. The molecule has 17 heavy (non-hydrogen) atoms. The van der Waals surface area contributed by atoms with Gasteiger partial charge >= 0.3 is 0 Å². The molecule has 2 rings (SSSR count). The highest BCUT2D eigenvalue weighted by Crippen LogP contribution is 2.11. The molecule has 1 aromatic heterocycles. The monoisotopic (exact) mass is 229 g/mol. The highest BCUT2D eigenvalue weighted by molar-refractivity contribution is 5.24. The van der Waals surface area contributed by atoms with Crippen molar-refractivity contribution in [3.63, 3.8) is 0 Å². The Kier molecular flexibility index (Phi) is 3.59. The molecule has 0 aliphatic heterocycles. The normalized spacial score (nSPS) is 10.8. The number of nitrogens with one attached hydrogen (secondary N) is 1. The Morgan fingerprint density at radius 3 is 2.82 bits per heavy atom. The van der Waals surface area contributed by atoms with Gasteiger partial charge in [-0.25, -0.2) is 0 Å². The zero-order valence-corrected chi connectivity index (χ0v) is 10.7. The fourth-order valence-corrected chi connectivity index (χ4v) is 1.99. The Morgan fingerprint density at radius 2 is 2.12 bits per heavy atom. The summed E-state index contributed by atoms with van der Waals surface area (Å²) in [6.45, 7) is 5.96. The standard InChI is InChI=1S/C14H19N3/c1-11-5-4-6-13(7-11)10-17-12(2)14(8-15-3)9-16-17/h4-7,9,15H,8,10H2,1-3H3. The van der Waals surface area contributed by atoms with Crippen LogP contribution in [0, 0.1) is 13.8 Å². The summed E-state index contributed by atoms with van der Waals surface area (Å²) in [4.78, 5) is 0. The Hall–Kier alpha value is -1.61. The molecule has 3 nitrogen and oxygen atoms in total. The third-order valence-electron chi connectivity index (χ3n) is 2.99. The van der Waals surface area contributed by atoms with Gasteiger partial charge in [-0.1, -0.05) is 29.8 Å². The van der Waals surface area contributed by atoms with Crippen LogP contribution in [0.15, 0.2) is 30.5 Å². The van der Waals surface area contributed by atoms with Gasteiger partial charge in [0.05, 0.1) is 12.7 Å². The fourth-order valence-electron chi connectivity index (χ4n) is 1.99. The van der Waals surface area contributed by atoms with Gasteiger partial charge < -0.3 is 5.32 Å². The van der Waals surface area contributed by atoms with Gasteiger partial charge in [0.2, 0.25) is 0 Å². The van der Waals surface area contributed by atoms with E-state index in [0.717, 1.165) is 13.1 Å². The van der Waals surface area contributed by atoms with E-state index < -0.39 is 0 Å². The van der Waals surface area contributed by atoms with Gasteiger partial charge in [-0.2, -0.15) is 5.10 Å². The largest absolute Gasteiger partial charge is 0.316 e. The van der Waals surface area contributed by atoms with E-state index in [-0.39, 0.29) is 0 Å². The maximum Gasteiger partial charge on any atom is 0.0662 e. The molecule has 0 amide bonds. The highest BCUT2D eigenvalue weighted by atomic mass is 15.3. The number of rotatable bonds is 4. The Morgan fingerprint density at radius 1 is 1.29 bits per heavy atom. The minimum absolute atomic E-state index is 0.844. The van der Waals surface area contributed by atoms with Gasteiger partial charge in [0.25, 0.3) is 0 Å². The average Bonchev–Trinajstić information content (AvgIpc) is 2.62. The van der Waals surface area contributed by atoms with Crippen LogP contribution in [0.3, 0.4) is 0 Å². The number of benzene rings is 1. The Labute approximate surface area is 102 Å². The second-order valence-electron chi connectivity index (χ2n) is 4.43. The summed E-state index contributed by atoms with van der Waals surface area (Å²) in [6, 6.07) is 8.56. The molecule has 0 radical (unpaired) electrons. The molecule has 0 bridgehead atoms.